The Bertz CT molecular complexity index is 1550. The SMILES string of the molecule is C=Nc1ccc2[nH]c3ccc(Nc4ccc5[nH]c6ccccc6c5c4)cc3c2c1. The molecule has 6 rings (SSSR count). The quantitative estimate of drug-likeness (QED) is 0.286. The first-order valence-electron chi connectivity index (χ1n) is 9.58. The molecule has 4 nitrogen and oxygen atoms in total. The number of aromatic amines is 2. The highest BCUT2D eigenvalue weighted by atomic mass is 14.9. The van der Waals surface area contributed by atoms with E-state index in [0.29, 0.717) is 0 Å². The van der Waals surface area contributed by atoms with Crippen molar-refractivity contribution in [3.63, 3.8) is 0 Å². The molecular weight excluding hydrogens is 356 g/mol. The molecule has 0 aliphatic carbocycles. The summed E-state index contributed by atoms with van der Waals surface area (Å²) in [5, 5.41) is 8.35. The molecule has 0 saturated carbocycles. The van der Waals surface area contributed by atoms with Crippen LogP contribution in [-0.2, 0) is 0 Å². The van der Waals surface area contributed by atoms with Gasteiger partial charge in [-0.1, -0.05) is 18.2 Å². The summed E-state index contributed by atoms with van der Waals surface area (Å²) >= 11 is 0. The van der Waals surface area contributed by atoms with E-state index in [9.17, 15) is 0 Å². The third-order valence-corrected chi connectivity index (χ3v) is 5.56. The van der Waals surface area contributed by atoms with Crippen LogP contribution in [0.5, 0.6) is 0 Å². The molecule has 0 fully saturated rings. The largest absolute Gasteiger partial charge is 0.355 e. The highest BCUT2D eigenvalue weighted by molar-refractivity contribution is 6.10. The van der Waals surface area contributed by atoms with E-state index >= 15 is 0 Å². The summed E-state index contributed by atoms with van der Waals surface area (Å²) in [5.41, 5.74) is 7.51. The molecule has 138 valence electrons. The van der Waals surface area contributed by atoms with Crippen LogP contribution in [0.4, 0.5) is 17.1 Å². The molecule has 3 N–H and O–H groups in total. The molecular formula is C25H18N4. The van der Waals surface area contributed by atoms with Crippen molar-refractivity contribution >= 4 is 67.4 Å². The van der Waals surface area contributed by atoms with Crippen molar-refractivity contribution in [1.82, 2.24) is 9.97 Å². The van der Waals surface area contributed by atoms with E-state index in [4.69, 9.17) is 0 Å². The molecule has 0 aliphatic heterocycles. The van der Waals surface area contributed by atoms with Crippen LogP contribution in [0.2, 0.25) is 0 Å². The van der Waals surface area contributed by atoms with Gasteiger partial charge in [-0.25, -0.2) is 0 Å². The van der Waals surface area contributed by atoms with Gasteiger partial charge in [-0.2, -0.15) is 0 Å². The van der Waals surface area contributed by atoms with E-state index in [-0.39, 0.29) is 0 Å². The second kappa shape index (κ2) is 5.97. The number of hydrogen-bond donors (Lipinski definition) is 3. The number of benzene rings is 4. The lowest BCUT2D eigenvalue weighted by Gasteiger charge is -2.07. The van der Waals surface area contributed by atoms with Crippen LogP contribution >= 0.6 is 0 Å². The van der Waals surface area contributed by atoms with Crippen LogP contribution in [0.25, 0.3) is 43.6 Å². The molecule has 29 heavy (non-hydrogen) atoms. The zero-order chi connectivity index (χ0) is 19.4. The van der Waals surface area contributed by atoms with Crippen LogP contribution in [0.15, 0.2) is 83.9 Å². The van der Waals surface area contributed by atoms with Gasteiger partial charge in [0.1, 0.15) is 0 Å². The number of hydrogen-bond acceptors (Lipinski definition) is 2. The highest BCUT2D eigenvalue weighted by Crippen LogP contribution is 2.33. The fraction of sp³-hybridized carbons (Fsp3) is 0. The van der Waals surface area contributed by atoms with Crippen molar-refractivity contribution in [3.05, 3.63) is 78.9 Å². The maximum Gasteiger partial charge on any atom is 0.0630 e. The molecule has 4 aromatic carbocycles. The third kappa shape index (κ3) is 2.50. The summed E-state index contributed by atoms with van der Waals surface area (Å²) in [4.78, 5) is 11.0. The van der Waals surface area contributed by atoms with E-state index in [1.807, 2.05) is 6.07 Å². The van der Waals surface area contributed by atoms with Crippen molar-refractivity contribution < 1.29 is 0 Å². The molecule has 0 spiro atoms. The predicted molar refractivity (Wildman–Crippen MR) is 124 cm³/mol. The monoisotopic (exact) mass is 374 g/mol. The van der Waals surface area contributed by atoms with Gasteiger partial charge in [0.05, 0.1) is 5.69 Å². The van der Waals surface area contributed by atoms with Gasteiger partial charge in [-0.3, -0.25) is 4.99 Å². The van der Waals surface area contributed by atoms with Gasteiger partial charge in [-0.15, -0.1) is 0 Å². The first-order chi connectivity index (χ1) is 14.3. The topological polar surface area (TPSA) is 56.0 Å². The van der Waals surface area contributed by atoms with Gasteiger partial charge in [0.2, 0.25) is 0 Å². The van der Waals surface area contributed by atoms with Gasteiger partial charge in [0, 0.05) is 55.0 Å². The van der Waals surface area contributed by atoms with Crippen molar-refractivity contribution in [3.8, 4) is 0 Å². The van der Waals surface area contributed by atoms with Gasteiger partial charge < -0.3 is 15.3 Å². The second-order valence-corrected chi connectivity index (χ2v) is 7.33. The molecule has 2 aromatic heterocycles. The van der Waals surface area contributed by atoms with Crippen LogP contribution in [0.1, 0.15) is 0 Å². The normalized spacial score (nSPS) is 11.6. The molecule has 0 aliphatic rings. The molecule has 2 heterocycles. The lowest BCUT2D eigenvalue weighted by molar-refractivity contribution is 1.52. The first-order valence-corrected chi connectivity index (χ1v) is 9.58. The number of H-pyrrole nitrogens is 2. The zero-order valence-corrected chi connectivity index (χ0v) is 15.7. The Morgan fingerprint density at radius 1 is 0.586 bits per heavy atom. The average molecular weight is 374 g/mol. The Labute approximate surface area is 166 Å². The Morgan fingerprint density at radius 3 is 1.83 bits per heavy atom. The standard InChI is InChI=1S/C25H18N4/c1-26-15-6-9-24-20(12-15)21-14-17(8-11-25(21)29-24)27-16-7-10-23-19(13-16)18-4-2-3-5-22(18)28-23/h2-14,27-29H,1H2. The number of fused-ring (bicyclic) bond motifs is 6. The maximum absolute atomic E-state index is 4.06. The van der Waals surface area contributed by atoms with Crippen molar-refractivity contribution in [2.24, 2.45) is 4.99 Å². The van der Waals surface area contributed by atoms with Crippen molar-refractivity contribution in [2.45, 2.75) is 0 Å². The Kier molecular flexibility index (Phi) is 3.29. The van der Waals surface area contributed by atoms with Crippen LogP contribution in [0.3, 0.4) is 0 Å². The number of anilines is 2. The summed E-state index contributed by atoms with van der Waals surface area (Å²) in [6.45, 7) is 3.64. The van der Waals surface area contributed by atoms with Gasteiger partial charge in [0.15, 0.2) is 0 Å². The molecule has 0 atom stereocenters. The van der Waals surface area contributed by atoms with E-state index in [1.165, 1.54) is 16.2 Å². The lowest BCUT2D eigenvalue weighted by Crippen LogP contribution is -1.89. The number of nitrogens with zero attached hydrogens (tertiary/aromatic N) is 1. The van der Waals surface area contributed by atoms with E-state index in [1.54, 1.807) is 0 Å². The van der Waals surface area contributed by atoms with E-state index in [0.717, 1.165) is 44.5 Å². The smallest absolute Gasteiger partial charge is 0.0630 e. The van der Waals surface area contributed by atoms with Gasteiger partial charge >= 0.3 is 0 Å². The van der Waals surface area contributed by atoms with Crippen LogP contribution in [-0.4, -0.2) is 16.7 Å². The predicted octanol–water partition coefficient (Wildman–Crippen LogP) is 7.03. The van der Waals surface area contributed by atoms with E-state index < -0.39 is 0 Å². The number of aliphatic imine (C=N–C) groups is 1. The summed E-state index contributed by atoms with van der Waals surface area (Å²) in [6.07, 6.45) is 0. The summed E-state index contributed by atoms with van der Waals surface area (Å²) in [5.74, 6) is 0. The number of rotatable bonds is 3. The summed E-state index contributed by atoms with van der Waals surface area (Å²) in [6, 6.07) is 27.3. The summed E-state index contributed by atoms with van der Waals surface area (Å²) in [7, 11) is 0. The number of nitrogens with one attached hydrogen (secondary N) is 3. The Hall–Kier alpha value is -4.05. The molecule has 6 aromatic rings. The number of para-hydroxylation sites is 1. The minimum absolute atomic E-state index is 0.876. The fourth-order valence-corrected chi connectivity index (χ4v) is 4.15. The first kappa shape index (κ1) is 16.0. The number of aromatic nitrogens is 2. The van der Waals surface area contributed by atoms with Crippen molar-refractivity contribution in [1.29, 1.82) is 0 Å². The van der Waals surface area contributed by atoms with Crippen molar-refractivity contribution in [2.75, 3.05) is 5.32 Å². The van der Waals surface area contributed by atoms with E-state index in [2.05, 4.69) is 99.8 Å². The minimum atomic E-state index is 0.876. The molecule has 4 heteroatoms. The van der Waals surface area contributed by atoms with Crippen LogP contribution < -0.4 is 5.32 Å². The van der Waals surface area contributed by atoms with Gasteiger partial charge in [0.25, 0.3) is 0 Å². The van der Waals surface area contributed by atoms with Gasteiger partial charge in [-0.05, 0) is 67.4 Å². The Balaban J connectivity index is 1.45. The van der Waals surface area contributed by atoms with Crippen LogP contribution in [0, 0.1) is 0 Å². The minimum Gasteiger partial charge on any atom is -0.355 e. The average Bonchev–Trinajstić information content (AvgIpc) is 3.31. The fourth-order valence-electron chi connectivity index (χ4n) is 4.15. The second-order valence-electron chi connectivity index (χ2n) is 7.33. The third-order valence-electron chi connectivity index (χ3n) is 5.56. The molecule has 0 saturated heterocycles. The maximum atomic E-state index is 4.06. The lowest BCUT2D eigenvalue weighted by atomic mass is 10.1. The highest BCUT2D eigenvalue weighted by Gasteiger charge is 2.08. The molecule has 0 unspecified atom stereocenters. The summed E-state index contributed by atoms with van der Waals surface area (Å²) < 4.78 is 0. The zero-order valence-electron chi connectivity index (χ0n) is 15.7. The Morgan fingerprint density at radius 2 is 1.14 bits per heavy atom. The molecule has 0 bridgehead atoms. The molecule has 0 radical (unpaired) electrons. The molecule has 0 amide bonds.